The molecule has 1 saturated carbocycles. The minimum atomic E-state index is -0.928. The largest absolute Gasteiger partial charge is 0.508 e. The van der Waals surface area contributed by atoms with Crippen LogP contribution in [0, 0.1) is 29.9 Å². The van der Waals surface area contributed by atoms with E-state index in [1.54, 1.807) is 0 Å². The van der Waals surface area contributed by atoms with E-state index in [2.05, 4.69) is 31.0 Å². The topological polar surface area (TPSA) is 95.9 Å². The fourth-order valence-corrected chi connectivity index (χ4v) is 8.93. The average Bonchev–Trinajstić information content (AvgIpc) is 3.66. The molecule has 4 atom stereocenters. The minimum absolute atomic E-state index is 0.00637. The number of benzene rings is 2. The number of ether oxygens (including phenoxy) is 2. The van der Waals surface area contributed by atoms with Crippen LogP contribution >= 0.6 is 0 Å². The maximum atomic E-state index is 17.0. The van der Waals surface area contributed by atoms with Gasteiger partial charge in [0.1, 0.15) is 41.4 Å². The van der Waals surface area contributed by atoms with Crippen molar-refractivity contribution in [2.75, 3.05) is 50.9 Å². The summed E-state index contributed by atoms with van der Waals surface area (Å²) in [5, 5.41) is 15.5. The number of halogens is 3. The second-order valence-electron chi connectivity index (χ2n) is 15.0. The van der Waals surface area contributed by atoms with Crippen molar-refractivity contribution in [2.24, 2.45) is 5.92 Å². The van der Waals surface area contributed by atoms with Crippen LogP contribution in [0.1, 0.15) is 50.5 Å². The van der Waals surface area contributed by atoms with Gasteiger partial charge in [-0.25, -0.2) is 13.2 Å². The highest BCUT2D eigenvalue weighted by molar-refractivity contribution is 6.03. The fraction of sp³-hybridized carbons (Fsp3) is 0.500. The molecule has 2 bridgehead atoms. The van der Waals surface area contributed by atoms with Crippen LogP contribution in [-0.4, -0.2) is 94.2 Å². The third-order valence-electron chi connectivity index (χ3n) is 11.5. The van der Waals surface area contributed by atoms with Gasteiger partial charge in [-0.2, -0.15) is 9.97 Å². The van der Waals surface area contributed by atoms with Crippen molar-refractivity contribution in [1.29, 1.82) is 0 Å². The Morgan fingerprint density at radius 1 is 1.10 bits per heavy atom. The number of alkyl halides is 1. The maximum Gasteiger partial charge on any atom is 0.319 e. The van der Waals surface area contributed by atoms with Crippen molar-refractivity contribution >= 4 is 27.5 Å². The number of terminal acetylenes is 1. The summed E-state index contributed by atoms with van der Waals surface area (Å²) in [5.41, 5.74) is -0.806. The fourth-order valence-electron chi connectivity index (χ4n) is 8.93. The molecule has 5 fully saturated rings. The third-order valence-corrected chi connectivity index (χ3v) is 11.5. The van der Waals surface area contributed by atoms with Gasteiger partial charge < -0.3 is 24.8 Å². The van der Waals surface area contributed by atoms with E-state index in [0.29, 0.717) is 55.2 Å². The number of nitrogens with one attached hydrogen (secondary N) is 1. The van der Waals surface area contributed by atoms with Crippen LogP contribution in [0.15, 0.2) is 30.5 Å². The summed E-state index contributed by atoms with van der Waals surface area (Å²) >= 11 is 0. The predicted molar refractivity (Wildman–Crippen MR) is 183 cm³/mol. The monoisotopic (exact) mass is 684 g/mol. The Bertz CT molecular complexity index is 2050. The average molecular weight is 685 g/mol. The number of fused-ring (bicyclic) bond motifs is 5. The molecule has 12 heteroatoms. The molecule has 50 heavy (non-hydrogen) atoms. The molecule has 1 aliphatic carbocycles. The van der Waals surface area contributed by atoms with E-state index < -0.39 is 23.3 Å². The Kier molecular flexibility index (Phi) is 7.60. The molecule has 2 aromatic carbocycles. The number of hydrogen-bond acceptors (Lipinski definition) is 9. The lowest BCUT2D eigenvalue weighted by molar-refractivity contribution is 0.0655. The molecular formula is C38H39F3N6O3. The van der Waals surface area contributed by atoms with Gasteiger partial charge in [0, 0.05) is 55.9 Å². The molecule has 4 saturated heterocycles. The molecule has 4 aliphatic heterocycles. The van der Waals surface area contributed by atoms with Crippen LogP contribution in [0.25, 0.3) is 32.9 Å². The number of aromatic hydroxyl groups is 1. The van der Waals surface area contributed by atoms with E-state index in [0.717, 1.165) is 38.8 Å². The SMILES string of the molecule is C#Cc1c(F)ccc2cc(O)cc(-c3ncc4c(N5CC6CCC(COCC7CC7)(C5)N6)nc(OC[C@@]56CCCN5C[C@H](F)C6)nc4c3F)c12. The number of piperazine rings is 1. The second kappa shape index (κ2) is 12.0. The Morgan fingerprint density at radius 3 is 2.82 bits per heavy atom. The lowest BCUT2D eigenvalue weighted by Gasteiger charge is -2.42. The highest BCUT2D eigenvalue weighted by atomic mass is 19.1. The quantitative estimate of drug-likeness (QED) is 0.222. The first-order valence-corrected chi connectivity index (χ1v) is 17.6. The van der Waals surface area contributed by atoms with E-state index in [9.17, 15) is 13.9 Å². The number of rotatable bonds is 9. The summed E-state index contributed by atoms with van der Waals surface area (Å²) < 4.78 is 59.1. The summed E-state index contributed by atoms with van der Waals surface area (Å²) in [4.78, 5) is 18.4. The van der Waals surface area contributed by atoms with Crippen molar-refractivity contribution in [3.8, 4) is 35.4 Å². The van der Waals surface area contributed by atoms with Crippen LogP contribution < -0.4 is 15.0 Å². The molecule has 4 aromatic rings. The van der Waals surface area contributed by atoms with Crippen molar-refractivity contribution < 1.29 is 27.8 Å². The first-order chi connectivity index (χ1) is 24.2. The van der Waals surface area contributed by atoms with Crippen LogP contribution in [0.5, 0.6) is 11.8 Å². The van der Waals surface area contributed by atoms with Gasteiger partial charge in [0.25, 0.3) is 0 Å². The molecule has 9 nitrogen and oxygen atoms in total. The van der Waals surface area contributed by atoms with Gasteiger partial charge in [0.2, 0.25) is 0 Å². The van der Waals surface area contributed by atoms with E-state index in [4.69, 9.17) is 20.9 Å². The normalized spacial score (nSPS) is 27.7. The molecule has 0 radical (unpaired) electrons. The van der Waals surface area contributed by atoms with E-state index in [1.165, 1.54) is 43.3 Å². The number of phenolic OH excluding ortho intramolecular Hbond substituents is 1. The number of anilines is 1. The summed E-state index contributed by atoms with van der Waals surface area (Å²) in [6.07, 6.45) is 12.8. The summed E-state index contributed by atoms with van der Waals surface area (Å²) in [5.74, 6) is 1.97. The Labute approximate surface area is 288 Å². The van der Waals surface area contributed by atoms with Crippen LogP contribution in [0.4, 0.5) is 19.0 Å². The second-order valence-corrected chi connectivity index (χ2v) is 15.0. The Morgan fingerprint density at radius 2 is 1.98 bits per heavy atom. The third kappa shape index (κ3) is 5.41. The van der Waals surface area contributed by atoms with Crippen LogP contribution in [0.3, 0.4) is 0 Å². The zero-order chi connectivity index (χ0) is 34.2. The molecule has 260 valence electrons. The number of hydrogen-bond donors (Lipinski definition) is 2. The van der Waals surface area contributed by atoms with Gasteiger partial charge in [-0.1, -0.05) is 12.0 Å². The zero-order valence-electron chi connectivity index (χ0n) is 27.7. The molecule has 0 amide bonds. The van der Waals surface area contributed by atoms with Crippen molar-refractivity contribution in [3.05, 3.63) is 47.7 Å². The number of pyridine rings is 1. The molecule has 0 spiro atoms. The smallest absolute Gasteiger partial charge is 0.319 e. The molecule has 2 unspecified atom stereocenters. The number of phenols is 1. The number of nitrogens with zero attached hydrogens (tertiary/aromatic N) is 5. The molecule has 5 aliphatic rings. The zero-order valence-corrected chi connectivity index (χ0v) is 27.7. The predicted octanol–water partition coefficient (Wildman–Crippen LogP) is 5.50. The molecule has 6 heterocycles. The van der Waals surface area contributed by atoms with Gasteiger partial charge in [0.05, 0.1) is 28.6 Å². The van der Waals surface area contributed by atoms with Crippen LogP contribution in [-0.2, 0) is 4.74 Å². The lowest BCUT2D eigenvalue weighted by atomic mass is 9.95. The standard InChI is InChI=1S/C38H39F3N6O3/c1-2-27-30(40)7-6-23-12-26(48)13-28(31(23)27)33-32(41)34-29(15-42-33)35(44-36(43-34)50-21-38-9-3-11-47(38)16-24(39)14-38)46-17-25-8-10-37(19-46,45-25)20-49-18-22-4-5-22/h1,6-7,12-13,15,22,24-25,45,48H,3-5,8-11,14,16-21H2/t24-,25?,37?,38+/m1/s1. The van der Waals surface area contributed by atoms with Gasteiger partial charge in [0.15, 0.2) is 5.82 Å². The van der Waals surface area contributed by atoms with Crippen molar-refractivity contribution in [3.63, 3.8) is 0 Å². The number of aromatic nitrogens is 3. The van der Waals surface area contributed by atoms with Crippen molar-refractivity contribution in [1.82, 2.24) is 25.2 Å². The molecule has 2 aromatic heterocycles. The van der Waals surface area contributed by atoms with E-state index >= 15 is 4.39 Å². The first-order valence-electron chi connectivity index (χ1n) is 17.6. The molecule has 9 rings (SSSR count). The Hall–Kier alpha value is -4.18. The van der Waals surface area contributed by atoms with Gasteiger partial charge >= 0.3 is 6.01 Å². The van der Waals surface area contributed by atoms with E-state index in [1.807, 2.05) is 0 Å². The van der Waals surface area contributed by atoms with E-state index in [-0.39, 0.29) is 57.7 Å². The van der Waals surface area contributed by atoms with Crippen LogP contribution in [0.2, 0.25) is 0 Å². The summed E-state index contributed by atoms with van der Waals surface area (Å²) in [7, 11) is 0. The highest BCUT2D eigenvalue weighted by Crippen LogP contribution is 2.43. The molecule has 2 N–H and O–H groups in total. The maximum absolute atomic E-state index is 17.0. The summed E-state index contributed by atoms with van der Waals surface area (Å²) in [6, 6.07) is 5.68. The lowest BCUT2D eigenvalue weighted by Crippen LogP contribution is -2.62. The van der Waals surface area contributed by atoms with Gasteiger partial charge in [-0.15, -0.1) is 6.42 Å². The Balaban J connectivity index is 1.15. The summed E-state index contributed by atoms with van der Waals surface area (Å²) in [6.45, 7) is 3.93. The highest BCUT2D eigenvalue weighted by Gasteiger charge is 2.50. The minimum Gasteiger partial charge on any atom is -0.508 e. The van der Waals surface area contributed by atoms with Crippen molar-refractivity contribution in [2.45, 2.75) is 68.2 Å². The molecular weight excluding hydrogens is 645 g/mol. The van der Waals surface area contributed by atoms with Gasteiger partial charge in [-0.05, 0) is 74.6 Å². The first kappa shape index (κ1) is 31.8. The van der Waals surface area contributed by atoms with Gasteiger partial charge in [-0.3, -0.25) is 9.88 Å².